The largest absolute Gasteiger partial charge is 0.497 e. The van der Waals surface area contributed by atoms with Gasteiger partial charge in [0.15, 0.2) is 6.10 Å². The van der Waals surface area contributed by atoms with Gasteiger partial charge >= 0.3 is 0 Å². The number of amides is 2. The van der Waals surface area contributed by atoms with Gasteiger partial charge in [-0.3, -0.25) is 9.59 Å². The number of anilines is 2. The van der Waals surface area contributed by atoms with E-state index in [1.54, 1.807) is 25.1 Å². The molecule has 3 rings (SSSR count). The highest BCUT2D eigenvalue weighted by Crippen LogP contribution is 2.32. The molecule has 124 valence electrons. The Labute approximate surface area is 137 Å². The van der Waals surface area contributed by atoms with Gasteiger partial charge in [-0.2, -0.15) is 0 Å². The molecule has 0 unspecified atom stereocenters. The highest BCUT2D eigenvalue weighted by molar-refractivity contribution is 6.05. The molecule has 0 aromatic heterocycles. The summed E-state index contributed by atoms with van der Waals surface area (Å²) in [5.74, 6) is -0.725. The van der Waals surface area contributed by atoms with Crippen molar-refractivity contribution < 1.29 is 23.5 Å². The third-order valence-corrected chi connectivity index (χ3v) is 3.59. The van der Waals surface area contributed by atoms with Gasteiger partial charge in [0.2, 0.25) is 0 Å². The molecule has 0 spiro atoms. The highest BCUT2D eigenvalue weighted by atomic mass is 19.1. The number of hydrogen-bond acceptors (Lipinski definition) is 4. The number of ether oxygens (including phenoxy) is 2. The number of nitrogens with one attached hydrogen (secondary N) is 2. The Balaban J connectivity index is 1.80. The van der Waals surface area contributed by atoms with Crippen LogP contribution in [0.15, 0.2) is 36.4 Å². The van der Waals surface area contributed by atoms with E-state index in [4.69, 9.17) is 9.47 Å². The van der Waals surface area contributed by atoms with Crippen LogP contribution in [0.5, 0.6) is 11.5 Å². The van der Waals surface area contributed by atoms with Crippen LogP contribution in [-0.2, 0) is 4.79 Å². The van der Waals surface area contributed by atoms with Crippen molar-refractivity contribution in [3.63, 3.8) is 0 Å². The molecule has 0 fully saturated rings. The molecule has 1 aliphatic rings. The third kappa shape index (κ3) is 3.01. The maximum absolute atomic E-state index is 13.9. The summed E-state index contributed by atoms with van der Waals surface area (Å²) < 4.78 is 24.3. The van der Waals surface area contributed by atoms with Crippen molar-refractivity contribution in [2.45, 2.75) is 13.0 Å². The lowest BCUT2D eigenvalue weighted by Gasteiger charge is -2.23. The zero-order valence-electron chi connectivity index (χ0n) is 13.1. The van der Waals surface area contributed by atoms with E-state index in [0.717, 1.165) is 6.07 Å². The summed E-state index contributed by atoms with van der Waals surface area (Å²) >= 11 is 0. The molecule has 2 aromatic carbocycles. The van der Waals surface area contributed by atoms with Crippen LogP contribution in [0.4, 0.5) is 15.8 Å². The van der Waals surface area contributed by atoms with Crippen molar-refractivity contribution in [3.8, 4) is 11.5 Å². The molecule has 0 radical (unpaired) electrons. The minimum atomic E-state index is -0.685. The molecule has 0 saturated carbocycles. The summed E-state index contributed by atoms with van der Waals surface area (Å²) in [5.41, 5.74) is 0.751. The van der Waals surface area contributed by atoms with Gasteiger partial charge < -0.3 is 20.1 Å². The van der Waals surface area contributed by atoms with Crippen molar-refractivity contribution >= 4 is 23.2 Å². The van der Waals surface area contributed by atoms with Gasteiger partial charge in [-0.25, -0.2) is 4.39 Å². The predicted octanol–water partition coefficient (Wildman–Crippen LogP) is 2.81. The second-order valence-electron chi connectivity index (χ2n) is 5.26. The van der Waals surface area contributed by atoms with Gasteiger partial charge in [0.1, 0.15) is 17.3 Å². The zero-order valence-corrected chi connectivity index (χ0v) is 13.1. The Morgan fingerprint density at radius 1 is 1.29 bits per heavy atom. The fourth-order valence-corrected chi connectivity index (χ4v) is 2.29. The molecule has 0 saturated heterocycles. The van der Waals surface area contributed by atoms with E-state index in [1.165, 1.54) is 19.2 Å². The summed E-state index contributed by atoms with van der Waals surface area (Å²) in [6, 6.07) is 8.78. The SMILES string of the molecule is COc1ccc(C(=O)Nc2ccc3c(c2)NC(=O)[C@@H](C)O3)c(F)c1. The quantitative estimate of drug-likeness (QED) is 0.907. The first-order valence-corrected chi connectivity index (χ1v) is 7.24. The molecule has 2 N–H and O–H groups in total. The van der Waals surface area contributed by atoms with Crippen molar-refractivity contribution in [2.75, 3.05) is 17.7 Å². The van der Waals surface area contributed by atoms with Gasteiger partial charge in [0.05, 0.1) is 18.4 Å². The van der Waals surface area contributed by atoms with Crippen molar-refractivity contribution in [1.29, 1.82) is 0 Å². The molecule has 7 heteroatoms. The normalized spacial score (nSPS) is 15.8. The maximum Gasteiger partial charge on any atom is 0.265 e. The van der Waals surface area contributed by atoms with Gasteiger partial charge in [0, 0.05) is 11.8 Å². The number of hydrogen-bond donors (Lipinski definition) is 2. The Kier molecular flexibility index (Phi) is 4.07. The first-order chi connectivity index (χ1) is 11.5. The van der Waals surface area contributed by atoms with E-state index >= 15 is 0 Å². The lowest BCUT2D eigenvalue weighted by molar-refractivity contribution is -0.122. The summed E-state index contributed by atoms with van der Waals surface area (Å²) in [7, 11) is 1.42. The number of benzene rings is 2. The lowest BCUT2D eigenvalue weighted by atomic mass is 10.1. The number of halogens is 1. The van der Waals surface area contributed by atoms with Gasteiger partial charge in [-0.15, -0.1) is 0 Å². The highest BCUT2D eigenvalue weighted by Gasteiger charge is 2.24. The molecule has 6 nitrogen and oxygen atoms in total. The average molecular weight is 330 g/mol. The van der Waals surface area contributed by atoms with Crippen LogP contribution in [-0.4, -0.2) is 25.0 Å². The number of rotatable bonds is 3. The van der Waals surface area contributed by atoms with Crippen LogP contribution in [0.2, 0.25) is 0 Å². The van der Waals surface area contributed by atoms with Crippen LogP contribution in [0.3, 0.4) is 0 Å². The van der Waals surface area contributed by atoms with Crippen molar-refractivity contribution in [1.82, 2.24) is 0 Å². The fourth-order valence-electron chi connectivity index (χ4n) is 2.29. The van der Waals surface area contributed by atoms with E-state index in [2.05, 4.69) is 10.6 Å². The first-order valence-electron chi connectivity index (χ1n) is 7.24. The fraction of sp³-hybridized carbons (Fsp3) is 0.176. The van der Waals surface area contributed by atoms with E-state index in [0.29, 0.717) is 22.9 Å². The molecule has 0 bridgehead atoms. The molecule has 1 aliphatic heterocycles. The Morgan fingerprint density at radius 3 is 2.79 bits per heavy atom. The van der Waals surface area contributed by atoms with Gasteiger partial charge in [-0.05, 0) is 37.3 Å². The average Bonchev–Trinajstić information content (AvgIpc) is 2.56. The summed E-state index contributed by atoms with van der Waals surface area (Å²) in [6.45, 7) is 1.64. The van der Waals surface area contributed by atoms with Gasteiger partial charge in [-0.1, -0.05) is 0 Å². The first kappa shape index (κ1) is 15.8. The van der Waals surface area contributed by atoms with E-state index in [1.807, 2.05) is 0 Å². The standard InChI is InChI=1S/C17H15FN2O4/c1-9-16(21)20-14-7-10(3-6-15(14)24-9)19-17(22)12-5-4-11(23-2)8-13(12)18/h3-9H,1-2H3,(H,19,22)(H,20,21)/t9-/m1/s1. The van der Waals surface area contributed by atoms with E-state index in [9.17, 15) is 14.0 Å². The van der Waals surface area contributed by atoms with Crippen molar-refractivity contribution in [3.05, 3.63) is 47.8 Å². The Bertz CT molecular complexity index is 822. The van der Waals surface area contributed by atoms with Crippen LogP contribution in [0.25, 0.3) is 0 Å². The topological polar surface area (TPSA) is 76.7 Å². The lowest BCUT2D eigenvalue weighted by Crippen LogP contribution is -2.34. The molecule has 0 aliphatic carbocycles. The smallest absolute Gasteiger partial charge is 0.265 e. The molecule has 24 heavy (non-hydrogen) atoms. The second kappa shape index (κ2) is 6.19. The van der Waals surface area contributed by atoms with Crippen LogP contribution >= 0.6 is 0 Å². The van der Waals surface area contributed by atoms with Crippen LogP contribution in [0, 0.1) is 5.82 Å². The second-order valence-corrected chi connectivity index (χ2v) is 5.26. The number of methoxy groups -OCH3 is 1. The Hall–Kier alpha value is -3.09. The summed E-state index contributed by atoms with van der Waals surface area (Å²) in [5, 5.41) is 5.27. The molecule has 1 heterocycles. The maximum atomic E-state index is 13.9. The van der Waals surface area contributed by atoms with Gasteiger partial charge in [0.25, 0.3) is 11.8 Å². The number of fused-ring (bicyclic) bond motifs is 1. The predicted molar refractivity (Wildman–Crippen MR) is 86.1 cm³/mol. The summed E-state index contributed by atoms with van der Waals surface area (Å²) in [4.78, 5) is 23.8. The number of carbonyl (C=O) groups is 2. The van der Waals surface area contributed by atoms with E-state index < -0.39 is 17.8 Å². The minimum absolute atomic E-state index is 0.109. The van der Waals surface area contributed by atoms with Crippen molar-refractivity contribution in [2.24, 2.45) is 0 Å². The zero-order chi connectivity index (χ0) is 17.3. The molecule has 1 atom stereocenters. The van der Waals surface area contributed by atoms with E-state index in [-0.39, 0.29) is 11.5 Å². The third-order valence-electron chi connectivity index (χ3n) is 3.59. The Morgan fingerprint density at radius 2 is 2.08 bits per heavy atom. The molecular formula is C17H15FN2O4. The number of carbonyl (C=O) groups excluding carboxylic acids is 2. The summed E-state index contributed by atoms with van der Waals surface area (Å²) in [6.07, 6.45) is -0.577. The van der Waals surface area contributed by atoms with Crippen LogP contribution in [0.1, 0.15) is 17.3 Å². The monoisotopic (exact) mass is 330 g/mol. The van der Waals surface area contributed by atoms with Crippen LogP contribution < -0.4 is 20.1 Å². The minimum Gasteiger partial charge on any atom is -0.497 e. The molecule has 2 amide bonds. The molecule has 2 aromatic rings. The molecular weight excluding hydrogens is 315 g/mol.